The molecule has 21 heavy (non-hydrogen) atoms. The molecule has 0 bridgehead atoms. The van der Waals surface area contributed by atoms with Gasteiger partial charge in [0.25, 0.3) is 0 Å². The van der Waals surface area contributed by atoms with Crippen LogP contribution in [0.15, 0.2) is 30.5 Å². The number of ether oxygens (including phenoxy) is 1. The average Bonchev–Trinajstić information content (AvgIpc) is 2.53. The molecule has 2 aromatic rings. The highest BCUT2D eigenvalue weighted by Crippen LogP contribution is 2.26. The van der Waals surface area contributed by atoms with Gasteiger partial charge in [0, 0.05) is 37.5 Å². The topological polar surface area (TPSA) is 62.7 Å². The Balaban J connectivity index is 1.94. The summed E-state index contributed by atoms with van der Waals surface area (Å²) in [6.45, 7) is 1.85. The standard InChI is InChI=1S/C16H18N2O3/c1-21-12-5-8-18(9-6-12)11-2-3-15-14(10-11)13(16(19)20)4-7-17-15/h2-4,7,10,12H,5-6,8-9H2,1H3,(H,19,20). The number of hydrogen-bond acceptors (Lipinski definition) is 4. The lowest BCUT2D eigenvalue weighted by Gasteiger charge is -2.33. The molecule has 0 atom stereocenters. The predicted molar refractivity (Wildman–Crippen MR) is 80.9 cm³/mol. The monoisotopic (exact) mass is 286 g/mol. The molecule has 0 unspecified atom stereocenters. The van der Waals surface area contributed by atoms with Crippen LogP contribution in [0.2, 0.25) is 0 Å². The number of benzene rings is 1. The van der Waals surface area contributed by atoms with Crippen LogP contribution in [0.1, 0.15) is 23.2 Å². The van der Waals surface area contributed by atoms with Crippen LogP contribution in [0.3, 0.4) is 0 Å². The number of fused-ring (bicyclic) bond motifs is 1. The van der Waals surface area contributed by atoms with Crippen molar-refractivity contribution in [2.24, 2.45) is 0 Å². The number of pyridine rings is 1. The van der Waals surface area contributed by atoms with Gasteiger partial charge in [-0.3, -0.25) is 4.98 Å². The van der Waals surface area contributed by atoms with Crippen LogP contribution >= 0.6 is 0 Å². The van der Waals surface area contributed by atoms with Crippen LogP contribution < -0.4 is 4.90 Å². The van der Waals surface area contributed by atoms with E-state index < -0.39 is 5.97 Å². The zero-order chi connectivity index (χ0) is 14.8. The summed E-state index contributed by atoms with van der Waals surface area (Å²) in [4.78, 5) is 17.8. The molecule has 0 aliphatic carbocycles. The van der Waals surface area contributed by atoms with Gasteiger partial charge in [-0.2, -0.15) is 0 Å². The largest absolute Gasteiger partial charge is 0.478 e. The summed E-state index contributed by atoms with van der Waals surface area (Å²) in [5, 5.41) is 9.98. The first-order chi connectivity index (χ1) is 10.2. The summed E-state index contributed by atoms with van der Waals surface area (Å²) in [5.74, 6) is -0.919. The van der Waals surface area contributed by atoms with Crippen molar-refractivity contribution < 1.29 is 14.6 Å². The number of rotatable bonds is 3. The van der Waals surface area contributed by atoms with Crippen molar-refractivity contribution in [1.29, 1.82) is 0 Å². The maximum absolute atomic E-state index is 11.3. The van der Waals surface area contributed by atoms with Crippen LogP contribution in [0.25, 0.3) is 10.9 Å². The fraction of sp³-hybridized carbons (Fsp3) is 0.375. The predicted octanol–water partition coefficient (Wildman–Crippen LogP) is 2.55. The van der Waals surface area contributed by atoms with Crippen molar-refractivity contribution in [3.8, 4) is 0 Å². The van der Waals surface area contributed by atoms with E-state index in [2.05, 4.69) is 9.88 Å². The third kappa shape index (κ3) is 2.69. The molecule has 0 spiro atoms. The molecular formula is C16H18N2O3. The number of carboxylic acids is 1. The van der Waals surface area contributed by atoms with E-state index >= 15 is 0 Å². The summed E-state index contributed by atoms with van der Waals surface area (Å²) in [6, 6.07) is 7.37. The number of carbonyl (C=O) groups is 1. The van der Waals surface area contributed by atoms with Gasteiger partial charge < -0.3 is 14.7 Å². The molecule has 1 aromatic heterocycles. The van der Waals surface area contributed by atoms with Gasteiger partial charge in [0.2, 0.25) is 0 Å². The first-order valence-corrected chi connectivity index (χ1v) is 7.09. The van der Waals surface area contributed by atoms with Crippen LogP contribution in [0.5, 0.6) is 0 Å². The molecule has 5 nitrogen and oxygen atoms in total. The minimum absolute atomic E-state index is 0.300. The minimum atomic E-state index is -0.919. The molecule has 1 aliphatic rings. The van der Waals surface area contributed by atoms with E-state index in [1.54, 1.807) is 13.2 Å². The van der Waals surface area contributed by atoms with Gasteiger partial charge >= 0.3 is 5.97 Å². The van der Waals surface area contributed by atoms with E-state index in [1.165, 1.54) is 6.20 Å². The molecular weight excluding hydrogens is 268 g/mol. The minimum Gasteiger partial charge on any atom is -0.478 e. The third-order valence-electron chi connectivity index (χ3n) is 4.10. The van der Waals surface area contributed by atoms with Crippen molar-refractivity contribution in [2.45, 2.75) is 18.9 Å². The average molecular weight is 286 g/mol. The number of methoxy groups -OCH3 is 1. The maximum atomic E-state index is 11.3. The lowest BCUT2D eigenvalue weighted by molar-refractivity contribution is 0.0699. The van der Waals surface area contributed by atoms with Gasteiger partial charge in [-0.25, -0.2) is 4.79 Å². The molecule has 2 heterocycles. The Bertz CT molecular complexity index is 664. The zero-order valence-electron chi connectivity index (χ0n) is 12.0. The second-order valence-corrected chi connectivity index (χ2v) is 5.29. The summed E-state index contributed by atoms with van der Waals surface area (Å²) in [6.07, 6.45) is 3.86. The van der Waals surface area contributed by atoms with Crippen molar-refractivity contribution in [2.75, 3.05) is 25.1 Å². The summed E-state index contributed by atoms with van der Waals surface area (Å²) in [5.41, 5.74) is 2.06. The van der Waals surface area contributed by atoms with Crippen molar-refractivity contribution in [3.63, 3.8) is 0 Å². The van der Waals surface area contributed by atoms with Gasteiger partial charge in [-0.1, -0.05) is 0 Å². The smallest absolute Gasteiger partial charge is 0.336 e. The fourth-order valence-corrected chi connectivity index (χ4v) is 2.87. The second kappa shape index (κ2) is 5.69. The molecule has 0 saturated carbocycles. The quantitative estimate of drug-likeness (QED) is 0.939. The molecule has 3 rings (SSSR count). The molecule has 1 saturated heterocycles. The van der Waals surface area contributed by atoms with Crippen LogP contribution in [-0.2, 0) is 4.74 Å². The Kier molecular flexibility index (Phi) is 3.75. The summed E-state index contributed by atoms with van der Waals surface area (Å²) in [7, 11) is 1.75. The van der Waals surface area contributed by atoms with Crippen LogP contribution in [0, 0.1) is 0 Å². The van der Waals surface area contributed by atoms with E-state index in [1.807, 2.05) is 18.2 Å². The van der Waals surface area contributed by atoms with E-state index in [-0.39, 0.29) is 0 Å². The van der Waals surface area contributed by atoms with Crippen molar-refractivity contribution in [1.82, 2.24) is 4.98 Å². The molecule has 1 aromatic carbocycles. The zero-order valence-corrected chi connectivity index (χ0v) is 12.0. The molecule has 1 N–H and O–H groups in total. The number of piperidine rings is 1. The third-order valence-corrected chi connectivity index (χ3v) is 4.10. The number of carboxylic acid groups (broad SMARTS) is 1. The Morgan fingerprint density at radius 2 is 2.10 bits per heavy atom. The van der Waals surface area contributed by atoms with E-state index in [0.29, 0.717) is 22.6 Å². The van der Waals surface area contributed by atoms with Crippen molar-refractivity contribution >= 4 is 22.6 Å². The SMILES string of the molecule is COC1CCN(c2ccc3nccc(C(=O)O)c3c2)CC1. The van der Waals surface area contributed by atoms with Gasteiger partial charge in [-0.15, -0.1) is 0 Å². The highest BCUT2D eigenvalue weighted by Gasteiger charge is 2.19. The lowest BCUT2D eigenvalue weighted by atomic mass is 10.0. The first-order valence-electron chi connectivity index (χ1n) is 7.09. The Morgan fingerprint density at radius 3 is 2.76 bits per heavy atom. The van der Waals surface area contributed by atoms with Crippen LogP contribution in [-0.4, -0.2) is 42.4 Å². The lowest BCUT2D eigenvalue weighted by Crippen LogP contribution is -2.36. The van der Waals surface area contributed by atoms with E-state index in [9.17, 15) is 9.90 Å². The van der Waals surface area contributed by atoms with Gasteiger partial charge in [0.05, 0.1) is 17.2 Å². The molecule has 110 valence electrons. The van der Waals surface area contributed by atoms with Gasteiger partial charge in [0.15, 0.2) is 0 Å². The second-order valence-electron chi connectivity index (χ2n) is 5.29. The molecule has 5 heteroatoms. The summed E-state index contributed by atoms with van der Waals surface area (Å²) < 4.78 is 5.38. The summed E-state index contributed by atoms with van der Waals surface area (Å²) >= 11 is 0. The highest BCUT2D eigenvalue weighted by atomic mass is 16.5. The number of aromatic nitrogens is 1. The van der Waals surface area contributed by atoms with Gasteiger partial charge in [-0.05, 0) is 37.1 Å². The molecule has 1 aliphatic heterocycles. The maximum Gasteiger partial charge on any atom is 0.336 e. The van der Waals surface area contributed by atoms with E-state index in [4.69, 9.17) is 4.74 Å². The van der Waals surface area contributed by atoms with E-state index in [0.717, 1.165) is 31.6 Å². The fourth-order valence-electron chi connectivity index (χ4n) is 2.87. The normalized spacial score (nSPS) is 16.3. The molecule has 1 fully saturated rings. The number of anilines is 1. The molecule has 0 radical (unpaired) electrons. The van der Waals surface area contributed by atoms with Crippen LogP contribution in [0.4, 0.5) is 5.69 Å². The van der Waals surface area contributed by atoms with Crippen molar-refractivity contribution in [3.05, 3.63) is 36.0 Å². The van der Waals surface area contributed by atoms with Gasteiger partial charge in [0.1, 0.15) is 0 Å². The Labute approximate surface area is 123 Å². The number of nitrogens with zero attached hydrogens (tertiary/aromatic N) is 2. The number of hydrogen-bond donors (Lipinski definition) is 1. The Hall–Kier alpha value is -2.14. The number of aromatic carboxylic acids is 1. The first kappa shape index (κ1) is 13.8. The molecule has 0 amide bonds. The highest BCUT2D eigenvalue weighted by molar-refractivity contribution is 6.03. The Morgan fingerprint density at radius 1 is 1.33 bits per heavy atom.